The number of hydrogen-bond acceptors (Lipinski definition) is 14. The number of aromatic nitrogens is 2. The van der Waals surface area contributed by atoms with Crippen molar-refractivity contribution in [1.82, 2.24) is 25.1 Å². The van der Waals surface area contributed by atoms with Gasteiger partial charge in [0, 0.05) is 70.8 Å². The van der Waals surface area contributed by atoms with E-state index in [2.05, 4.69) is 10.3 Å². The van der Waals surface area contributed by atoms with Gasteiger partial charge in [0.2, 0.25) is 12.1 Å². The SMILES string of the molecule is CCCCOC(=O)N1CCN(C(=O)C(C[P+](=O)OC(OC(=O)CCC)OC(=O)CCC)NC(=O)c2cc(N3CCC(OC)C3)nc(-c3ccccc3)n2)CC1. The largest absolute Gasteiger partial charge is 0.518 e. The van der Waals surface area contributed by atoms with Crippen molar-refractivity contribution >= 4 is 43.7 Å². The second-order valence-corrected chi connectivity index (χ2v) is 14.3. The number of hydrogen-bond donors (Lipinski definition) is 1. The molecule has 1 aromatic carbocycles. The number of carbonyl (C=O) groups is 5. The molecular formula is C37H52N6O11P+. The number of rotatable bonds is 19. The number of carbonyl (C=O) groups excluding carboxylic acids is 5. The molecule has 4 rings (SSSR count). The molecule has 1 aromatic heterocycles. The average molecular weight is 788 g/mol. The van der Waals surface area contributed by atoms with Gasteiger partial charge < -0.3 is 39.0 Å². The van der Waals surface area contributed by atoms with E-state index in [0.29, 0.717) is 43.9 Å². The van der Waals surface area contributed by atoms with Crippen LogP contribution < -0.4 is 10.2 Å². The van der Waals surface area contributed by atoms with Crippen LogP contribution in [0.2, 0.25) is 0 Å². The summed E-state index contributed by atoms with van der Waals surface area (Å²) in [4.78, 5) is 79.5. The van der Waals surface area contributed by atoms with Crippen LogP contribution in [0.5, 0.6) is 0 Å². The van der Waals surface area contributed by atoms with Gasteiger partial charge in [-0.3, -0.25) is 19.2 Å². The normalized spacial score (nSPS) is 16.4. The molecule has 3 amide bonds. The Morgan fingerprint density at radius 1 is 0.891 bits per heavy atom. The summed E-state index contributed by atoms with van der Waals surface area (Å²) < 4.78 is 40.1. The lowest BCUT2D eigenvalue weighted by atomic mass is 10.2. The van der Waals surface area contributed by atoms with Gasteiger partial charge >= 0.3 is 32.5 Å². The maximum Gasteiger partial charge on any atom is 0.518 e. The number of unbranched alkanes of at least 4 members (excludes halogenated alkanes) is 1. The summed E-state index contributed by atoms with van der Waals surface area (Å²) in [5, 5.41) is 2.69. The first kappa shape index (κ1) is 43.0. The number of esters is 2. The number of nitrogens with zero attached hydrogens (tertiary/aromatic N) is 5. The van der Waals surface area contributed by atoms with Crippen molar-refractivity contribution in [2.45, 2.75) is 84.3 Å². The van der Waals surface area contributed by atoms with Gasteiger partial charge in [0.15, 0.2) is 11.9 Å². The van der Waals surface area contributed by atoms with Gasteiger partial charge in [-0.1, -0.05) is 62.0 Å². The molecular weight excluding hydrogens is 735 g/mol. The predicted molar refractivity (Wildman–Crippen MR) is 200 cm³/mol. The van der Waals surface area contributed by atoms with Gasteiger partial charge in [0.1, 0.15) is 11.5 Å². The van der Waals surface area contributed by atoms with Crippen LogP contribution in [0.15, 0.2) is 36.4 Å². The predicted octanol–water partition coefficient (Wildman–Crippen LogP) is 4.28. The van der Waals surface area contributed by atoms with E-state index in [1.54, 1.807) is 21.0 Å². The standard InChI is InChI=1S/C37H51N6O11P/c1-5-8-22-51-36(48)42-20-18-41(19-21-42)35(47)29(25-55(49)54-37(52-31(44)12-6-2)53-32(45)13-7-3)39-34(46)28-23-30(43-17-16-27(24-43)50-4)40-33(38-28)26-14-10-9-11-15-26/h9-11,14-15,23,27,29,37H,5-8,12-13,16-22,24-25H2,1-4H3/p+1. The molecule has 2 aromatic rings. The lowest BCUT2D eigenvalue weighted by Crippen LogP contribution is -2.56. The zero-order valence-corrected chi connectivity index (χ0v) is 32.9. The van der Waals surface area contributed by atoms with Gasteiger partial charge in [0.05, 0.1) is 12.7 Å². The summed E-state index contributed by atoms with van der Waals surface area (Å²) in [5.41, 5.74) is 0.621. The van der Waals surface area contributed by atoms with Gasteiger partial charge in [-0.2, -0.15) is 0 Å². The number of anilines is 1. The van der Waals surface area contributed by atoms with E-state index in [0.717, 1.165) is 19.3 Å². The second-order valence-electron chi connectivity index (χ2n) is 13.1. The lowest BCUT2D eigenvalue weighted by molar-refractivity contribution is -0.234. The molecule has 3 unspecified atom stereocenters. The molecule has 2 aliphatic rings. The molecule has 0 bridgehead atoms. The molecule has 2 fully saturated rings. The van der Waals surface area contributed by atoms with Gasteiger partial charge in [-0.05, 0) is 30.2 Å². The Labute approximate surface area is 322 Å². The summed E-state index contributed by atoms with van der Waals surface area (Å²) in [6.45, 7) is 5.62. The topological polar surface area (TPSA) is 196 Å². The second kappa shape index (κ2) is 22.0. The first-order valence-electron chi connectivity index (χ1n) is 18.8. The summed E-state index contributed by atoms with van der Waals surface area (Å²) in [6.07, 6.45) is 2.16. The Kier molecular flexibility index (Phi) is 17.2. The maximum atomic E-state index is 14.1. The fourth-order valence-electron chi connectivity index (χ4n) is 5.80. The molecule has 2 saturated heterocycles. The number of amides is 3. The van der Waals surface area contributed by atoms with Crippen LogP contribution in [0.25, 0.3) is 11.4 Å². The molecule has 2 aliphatic heterocycles. The first-order valence-corrected chi connectivity index (χ1v) is 20.1. The first-order chi connectivity index (χ1) is 26.5. The highest BCUT2D eigenvalue weighted by atomic mass is 31.1. The smallest absolute Gasteiger partial charge is 0.449 e. The van der Waals surface area contributed by atoms with E-state index in [1.165, 1.54) is 15.9 Å². The van der Waals surface area contributed by atoms with E-state index < -0.39 is 56.6 Å². The summed E-state index contributed by atoms with van der Waals surface area (Å²) in [7, 11) is -1.25. The highest BCUT2D eigenvalue weighted by Gasteiger charge is 2.40. The van der Waals surface area contributed by atoms with E-state index in [1.807, 2.05) is 42.2 Å². The molecule has 3 atom stereocenters. The lowest BCUT2D eigenvalue weighted by Gasteiger charge is -2.35. The highest BCUT2D eigenvalue weighted by Crippen LogP contribution is 2.29. The Balaban J connectivity index is 1.58. The molecule has 0 radical (unpaired) electrons. The molecule has 55 heavy (non-hydrogen) atoms. The minimum atomic E-state index is -2.89. The number of methoxy groups -OCH3 is 1. The molecule has 300 valence electrons. The van der Waals surface area contributed by atoms with Crippen molar-refractivity contribution in [3.8, 4) is 11.4 Å². The number of piperazine rings is 1. The van der Waals surface area contributed by atoms with Crippen molar-refractivity contribution in [3.63, 3.8) is 0 Å². The third kappa shape index (κ3) is 13.2. The summed E-state index contributed by atoms with van der Waals surface area (Å²) >= 11 is 0. The van der Waals surface area contributed by atoms with Crippen molar-refractivity contribution in [3.05, 3.63) is 42.1 Å². The third-order valence-electron chi connectivity index (χ3n) is 8.85. The Morgan fingerprint density at radius 3 is 2.15 bits per heavy atom. The Hall–Kier alpha value is -4.73. The fraction of sp³-hybridized carbons (Fsp3) is 0.595. The molecule has 18 heteroatoms. The highest BCUT2D eigenvalue weighted by molar-refractivity contribution is 7.39. The number of ether oxygens (including phenoxy) is 4. The van der Waals surface area contributed by atoms with E-state index in [9.17, 15) is 28.5 Å². The number of benzene rings is 1. The number of nitrogens with one attached hydrogen (secondary N) is 1. The molecule has 0 aliphatic carbocycles. The van der Waals surface area contributed by atoms with Crippen LogP contribution in [-0.2, 0) is 42.4 Å². The fourth-order valence-corrected chi connectivity index (χ4v) is 6.71. The minimum absolute atomic E-state index is 0.00723. The quantitative estimate of drug-likeness (QED) is 0.0917. The van der Waals surface area contributed by atoms with Crippen LogP contribution in [0, 0.1) is 0 Å². The van der Waals surface area contributed by atoms with Gasteiger partial charge in [0.25, 0.3) is 5.91 Å². The Bertz CT molecular complexity index is 1610. The van der Waals surface area contributed by atoms with Crippen LogP contribution in [-0.4, -0.2) is 127 Å². The van der Waals surface area contributed by atoms with Crippen LogP contribution in [0.3, 0.4) is 0 Å². The van der Waals surface area contributed by atoms with Crippen LogP contribution >= 0.6 is 8.03 Å². The Morgan fingerprint density at radius 2 is 1.55 bits per heavy atom. The third-order valence-corrected chi connectivity index (χ3v) is 9.93. The van der Waals surface area contributed by atoms with Crippen molar-refractivity contribution in [1.29, 1.82) is 0 Å². The zero-order chi connectivity index (χ0) is 39.7. The maximum absolute atomic E-state index is 14.1. The van der Waals surface area contributed by atoms with Gasteiger partial charge in [-0.15, -0.1) is 0 Å². The van der Waals surface area contributed by atoms with E-state index in [-0.39, 0.29) is 56.6 Å². The summed E-state index contributed by atoms with van der Waals surface area (Å²) in [6, 6.07) is 9.21. The summed E-state index contributed by atoms with van der Waals surface area (Å²) in [5.74, 6) is -2.05. The van der Waals surface area contributed by atoms with Crippen molar-refractivity contribution < 1.29 is 52.0 Å². The zero-order valence-electron chi connectivity index (χ0n) is 32.0. The molecule has 3 heterocycles. The van der Waals surface area contributed by atoms with Crippen LogP contribution in [0.4, 0.5) is 10.6 Å². The van der Waals surface area contributed by atoms with Crippen molar-refractivity contribution in [2.75, 3.05) is 64.0 Å². The average Bonchev–Trinajstić information content (AvgIpc) is 3.67. The van der Waals surface area contributed by atoms with E-state index in [4.69, 9.17) is 28.5 Å². The molecule has 0 spiro atoms. The molecule has 0 saturated carbocycles. The molecule has 1 N–H and O–H groups in total. The van der Waals surface area contributed by atoms with Crippen LogP contribution in [0.1, 0.15) is 76.2 Å². The van der Waals surface area contributed by atoms with E-state index >= 15 is 0 Å². The van der Waals surface area contributed by atoms with Crippen molar-refractivity contribution in [2.24, 2.45) is 0 Å². The van der Waals surface area contributed by atoms with Gasteiger partial charge in [-0.25, -0.2) is 14.8 Å². The monoisotopic (exact) mass is 787 g/mol. The molecule has 17 nitrogen and oxygen atoms in total. The minimum Gasteiger partial charge on any atom is -0.449 e.